The van der Waals surface area contributed by atoms with E-state index in [2.05, 4.69) is 20.6 Å². The summed E-state index contributed by atoms with van der Waals surface area (Å²) in [6.07, 6.45) is 1.59. The van der Waals surface area contributed by atoms with Crippen LogP contribution in [-0.2, 0) is 4.79 Å². The number of amides is 2. The van der Waals surface area contributed by atoms with E-state index in [0.29, 0.717) is 12.3 Å². The number of benzene rings is 1. The van der Waals surface area contributed by atoms with Crippen molar-refractivity contribution in [2.45, 2.75) is 39.7 Å². The summed E-state index contributed by atoms with van der Waals surface area (Å²) in [5, 5.41) is 10.6. The summed E-state index contributed by atoms with van der Waals surface area (Å²) in [5.41, 5.74) is 3.41. The van der Waals surface area contributed by atoms with Gasteiger partial charge in [-0.3, -0.25) is 14.5 Å². The third kappa shape index (κ3) is 4.91. The molecular formula is C24H29N5O3. The second-order valence-electron chi connectivity index (χ2n) is 8.28. The summed E-state index contributed by atoms with van der Waals surface area (Å²) >= 11 is 0. The van der Waals surface area contributed by atoms with E-state index < -0.39 is 0 Å². The summed E-state index contributed by atoms with van der Waals surface area (Å²) in [7, 11) is 0. The molecule has 1 saturated heterocycles. The van der Waals surface area contributed by atoms with Crippen molar-refractivity contribution in [3.8, 4) is 5.69 Å². The SMILES string of the molecule is Cc1ccc(C(=O)NC2CCN(CC(=O)Nc3c(C)nn(-c4ccccc4)c3C)CC2)o1. The number of nitrogens with one attached hydrogen (secondary N) is 2. The van der Waals surface area contributed by atoms with Crippen molar-refractivity contribution in [3.05, 3.63) is 65.4 Å². The molecular weight excluding hydrogens is 406 g/mol. The molecule has 8 heteroatoms. The molecule has 168 valence electrons. The van der Waals surface area contributed by atoms with E-state index in [1.165, 1.54) is 0 Å². The Kier molecular flexibility index (Phi) is 6.41. The van der Waals surface area contributed by atoms with Crippen LogP contribution < -0.4 is 10.6 Å². The van der Waals surface area contributed by atoms with E-state index in [-0.39, 0.29) is 17.9 Å². The zero-order valence-electron chi connectivity index (χ0n) is 18.7. The molecule has 0 radical (unpaired) electrons. The number of hydrogen-bond acceptors (Lipinski definition) is 5. The number of anilines is 1. The molecule has 1 fully saturated rings. The highest BCUT2D eigenvalue weighted by atomic mass is 16.3. The fraction of sp³-hybridized carbons (Fsp3) is 0.375. The summed E-state index contributed by atoms with van der Waals surface area (Å²) < 4.78 is 7.23. The zero-order chi connectivity index (χ0) is 22.7. The minimum absolute atomic E-state index is 0.0580. The number of carbonyl (C=O) groups is 2. The molecule has 1 aliphatic rings. The Balaban J connectivity index is 1.28. The third-order valence-corrected chi connectivity index (χ3v) is 5.81. The maximum absolute atomic E-state index is 12.7. The number of hydrogen-bond donors (Lipinski definition) is 2. The predicted octanol–water partition coefficient (Wildman–Crippen LogP) is 3.22. The standard InChI is InChI=1S/C24H29N5O3/c1-16-9-10-21(32-16)24(31)25-19-11-13-28(14-12-19)15-22(30)26-23-17(2)27-29(18(23)3)20-7-5-4-6-8-20/h4-10,19H,11-15H2,1-3H3,(H,25,31)(H,26,30). The minimum atomic E-state index is -0.185. The molecule has 3 heterocycles. The van der Waals surface area contributed by atoms with Gasteiger partial charge in [-0.25, -0.2) is 4.68 Å². The summed E-state index contributed by atoms with van der Waals surface area (Å²) in [5.74, 6) is 0.815. The van der Waals surface area contributed by atoms with Crippen molar-refractivity contribution in [1.82, 2.24) is 20.0 Å². The van der Waals surface area contributed by atoms with Crippen LogP contribution in [0.25, 0.3) is 5.69 Å². The number of likely N-dealkylation sites (tertiary alicyclic amines) is 1. The molecule has 1 aliphatic heterocycles. The fourth-order valence-electron chi connectivity index (χ4n) is 4.07. The lowest BCUT2D eigenvalue weighted by molar-refractivity contribution is -0.117. The monoisotopic (exact) mass is 435 g/mol. The predicted molar refractivity (Wildman–Crippen MR) is 122 cm³/mol. The van der Waals surface area contributed by atoms with Gasteiger partial charge < -0.3 is 15.1 Å². The van der Waals surface area contributed by atoms with Crippen molar-refractivity contribution in [2.24, 2.45) is 0 Å². The lowest BCUT2D eigenvalue weighted by atomic mass is 10.0. The van der Waals surface area contributed by atoms with Gasteiger partial charge in [-0.2, -0.15) is 5.10 Å². The maximum Gasteiger partial charge on any atom is 0.287 e. The van der Waals surface area contributed by atoms with Crippen molar-refractivity contribution in [3.63, 3.8) is 0 Å². The summed E-state index contributed by atoms with van der Waals surface area (Å²) in [6.45, 7) is 7.48. The van der Waals surface area contributed by atoms with E-state index in [0.717, 1.165) is 54.5 Å². The maximum atomic E-state index is 12.7. The number of furan rings is 1. The van der Waals surface area contributed by atoms with Crippen molar-refractivity contribution >= 4 is 17.5 Å². The molecule has 2 amide bonds. The molecule has 0 saturated carbocycles. The molecule has 0 unspecified atom stereocenters. The molecule has 8 nitrogen and oxygen atoms in total. The largest absolute Gasteiger partial charge is 0.456 e. The minimum Gasteiger partial charge on any atom is -0.456 e. The van der Waals surface area contributed by atoms with Crippen LogP contribution in [-0.4, -0.2) is 52.2 Å². The molecule has 32 heavy (non-hydrogen) atoms. The number of para-hydroxylation sites is 1. The molecule has 3 aromatic rings. The van der Waals surface area contributed by atoms with Gasteiger partial charge in [0.15, 0.2) is 5.76 Å². The van der Waals surface area contributed by atoms with Crippen LogP contribution in [0.5, 0.6) is 0 Å². The van der Waals surface area contributed by atoms with Crippen LogP contribution >= 0.6 is 0 Å². The Hall–Kier alpha value is -3.39. The molecule has 2 aromatic heterocycles. The quantitative estimate of drug-likeness (QED) is 0.620. The average molecular weight is 436 g/mol. The Morgan fingerprint density at radius 3 is 2.44 bits per heavy atom. The Labute approximate surface area is 187 Å². The number of rotatable bonds is 6. The zero-order valence-corrected chi connectivity index (χ0v) is 18.7. The molecule has 0 spiro atoms. The van der Waals surface area contributed by atoms with E-state index in [4.69, 9.17) is 4.42 Å². The van der Waals surface area contributed by atoms with Crippen LogP contribution in [0, 0.1) is 20.8 Å². The molecule has 0 atom stereocenters. The Bertz CT molecular complexity index is 1090. The van der Waals surface area contributed by atoms with E-state index in [1.807, 2.05) is 55.8 Å². The fourth-order valence-corrected chi connectivity index (χ4v) is 4.07. The summed E-state index contributed by atoms with van der Waals surface area (Å²) in [6, 6.07) is 13.4. The average Bonchev–Trinajstić information content (AvgIpc) is 3.34. The van der Waals surface area contributed by atoms with Gasteiger partial charge >= 0.3 is 0 Å². The Morgan fingerprint density at radius 1 is 1.06 bits per heavy atom. The van der Waals surface area contributed by atoms with Gasteiger partial charge in [0.2, 0.25) is 5.91 Å². The van der Waals surface area contributed by atoms with Crippen LogP contribution in [0.2, 0.25) is 0 Å². The molecule has 4 rings (SSSR count). The molecule has 0 aliphatic carbocycles. The van der Waals surface area contributed by atoms with Crippen molar-refractivity contribution in [1.29, 1.82) is 0 Å². The highest BCUT2D eigenvalue weighted by Gasteiger charge is 2.24. The van der Waals surface area contributed by atoms with Gasteiger partial charge in [0.1, 0.15) is 5.76 Å². The number of piperidine rings is 1. The van der Waals surface area contributed by atoms with Crippen LogP contribution in [0.15, 0.2) is 46.9 Å². The number of aromatic nitrogens is 2. The lowest BCUT2D eigenvalue weighted by Crippen LogP contribution is -2.46. The highest BCUT2D eigenvalue weighted by molar-refractivity contribution is 5.93. The van der Waals surface area contributed by atoms with Gasteiger partial charge in [0.05, 0.1) is 29.3 Å². The van der Waals surface area contributed by atoms with E-state index in [9.17, 15) is 9.59 Å². The lowest BCUT2D eigenvalue weighted by Gasteiger charge is -2.31. The first-order chi connectivity index (χ1) is 15.4. The van der Waals surface area contributed by atoms with Crippen molar-refractivity contribution < 1.29 is 14.0 Å². The smallest absolute Gasteiger partial charge is 0.287 e. The number of nitrogens with zero attached hydrogens (tertiary/aromatic N) is 3. The molecule has 0 bridgehead atoms. The van der Waals surface area contributed by atoms with E-state index >= 15 is 0 Å². The first kappa shape index (κ1) is 21.8. The summed E-state index contributed by atoms with van der Waals surface area (Å²) in [4.78, 5) is 27.1. The van der Waals surface area contributed by atoms with Gasteiger partial charge in [0, 0.05) is 19.1 Å². The number of carbonyl (C=O) groups excluding carboxylic acids is 2. The highest BCUT2D eigenvalue weighted by Crippen LogP contribution is 2.23. The van der Waals surface area contributed by atoms with Crippen LogP contribution in [0.1, 0.15) is 40.5 Å². The van der Waals surface area contributed by atoms with Crippen molar-refractivity contribution in [2.75, 3.05) is 25.0 Å². The Morgan fingerprint density at radius 2 is 1.78 bits per heavy atom. The van der Waals surface area contributed by atoms with Crippen LogP contribution in [0.4, 0.5) is 5.69 Å². The first-order valence-corrected chi connectivity index (χ1v) is 10.9. The normalized spacial score (nSPS) is 15.0. The van der Waals surface area contributed by atoms with Gasteiger partial charge in [-0.05, 0) is 57.9 Å². The van der Waals surface area contributed by atoms with Gasteiger partial charge in [0.25, 0.3) is 5.91 Å². The van der Waals surface area contributed by atoms with Gasteiger partial charge in [-0.1, -0.05) is 18.2 Å². The molecule has 1 aromatic carbocycles. The second-order valence-corrected chi connectivity index (χ2v) is 8.28. The van der Waals surface area contributed by atoms with Gasteiger partial charge in [-0.15, -0.1) is 0 Å². The number of aryl methyl sites for hydroxylation is 2. The van der Waals surface area contributed by atoms with Crippen LogP contribution in [0.3, 0.4) is 0 Å². The topological polar surface area (TPSA) is 92.4 Å². The molecule has 2 N–H and O–H groups in total. The first-order valence-electron chi connectivity index (χ1n) is 10.9. The second kappa shape index (κ2) is 9.40. The third-order valence-electron chi connectivity index (χ3n) is 5.81. The van der Waals surface area contributed by atoms with E-state index in [1.54, 1.807) is 12.1 Å².